The van der Waals surface area contributed by atoms with Crippen molar-refractivity contribution in [1.29, 1.82) is 0 Å². The van der Waals surface area contributed by atoms with Crippen molar-refractivity contribution in [1.82, 2.24) is 9.55 Å². The van der Waals surface area contributed by atoms with Crippen molar-refractivity contribution in [3.63, 3.8) is 0 Å². The zero-order valence-electron chi connectivity index (χ0n) is 10.6. The Bertz CT molecular complexity index is 675. The second-order valence-corrected chi connectivity index (χ2v) is 6.32. The number of hydrogen-bond acceptors (Lipinski definition) is 3. The predicted molar refractivity (Wildman–Crippen MR) is 77.8 cm³/mol. The molecule has 0 radical (unpaired) electrons. The summed E-state index contributed by atoms with van der Waals surface area (Å²) < 4.78 is 28.7. The third-order valence-electron chi connectivity index (χ3n) is 2.77. The van der Waals surface area contributed by atoms with Gasteiger partial charge in [-0.25, -0.2) is 4.98 Å². The molecule has 0 aliphatic rings. The summed E-state index contributed by atoms with van der Waals surface area (Å²) in [5, 5.41) is 0.601. The number of aromatic nitrogens is 2. The molecule has 0 saturated heterocycles. The minimum Gasteiger partial charge on any atom is -0.337 e. The van der Waals surface area contributed by atoms with E-state index in [2.05, 4.69) is 25.6 Å². The van der Waals surface area contributed by atoms with E-state index in [4.69, 9.17) is 0 Å². The van der Waals surface area contributed by atoms with Crippen molar-refractivity contribution >= 4 is 31.6 Å². The Morgan fingerprint density at radius 3 is 2.63 bits per heavy atom. The quantitative estimate of drug-likeness (QED) is 0.867. The molecular weight excluding hydrogens is 330 g/mol. The van der Waals surface area contributed by atoms with E-state index in [1.165, 1.54) is 6.20 Å². The second kappa shape index (κ2) is 5.34. The number of anilines is 1. The van der Waals surface area contributed by atoms with Crippen LogP contribution in [0.1, 0.15) is 11.4 Å². The summed E-state index contributed by atoms with van der Waals surface area (Å²) in [5.41, 5.74) is 1.43. The van der Waals surface area contributed by atoms with E-state index in [1.54, 1.807) is 30.7 Å². The van der Waals surface area contributed by atoms with Crippen LogP contribution in [0.2, 0.25) is 0 Å². The molecule has 0 aliphatic carbocycles. The lowest BCUT2D eigenvalue weighted by Gasteiger charge is -2.09. The van der Waals surface area contributed by atoms with E-state index in [9.17, 15) is 8.42 Å². The van der Waals surface area contributed by atoms with Crippen LogP contribution in [0.5, 0.6) is 0 Å². The molecule has 0 atom stereocenters. The van der Waals surface area contributed by atoms with Gasteiger partial charge in [0.25, 0.3) is 10.0 Å². The highest BCUT2D eigenvalue weighted by atomic mass is 79.9. The fourth-order valence-corrected chi connectivity index (χ4v) is 3.22. The average Bonchev–Trinajstić information content (AvgIpc) is 2.71. The molecule has 0 bridgehead atoms. The lowest BCUT2D eigenvalue weighted by atomic mass is 10.2. The van der Waals surface area contributed by atoms with Gasteiger partial charge in [-0.3, -0.25) is 4.72 Å². The summed E-state index contributed by atoms with van der Waals surface area (Å²) in [6.07, 6.45) is 1.49. The van der Waals surface area contributed by atoms with Gasteiger partial charge in [0.15, 0.2) is 5.03 Å². The van der Waals surface area contributed by atoms with Gasteiger partial charge in [-0.15, -0.1) is 0 Å². The normalized spacial score (nSPS) is 11.5. The van der Waals surface area contributed by atoms with Gasteiger partial charge in [-0.1, -0.05) is 34.1 Å². The Labute approximate surface area is 120 Å². The monoisotopic (exact) mass is 343 g/mol. The summed E-state index contributed by atoms with van der Waals surface area (Å²) in [6.45, 7) is 1.76. The Kier molecular flexibility index (Phi) is 3.96. The summed E-state index contributed by atoms with van der Waals surface area (Å²) in [5.74, 6) is 0.647. The van der Waals surface area contributed by atoms with Crippen LogP contribution in [0, 0.1) is 6.92 Å². The zero-order valence-corrected chi connectivity index (χ0v) is 13.0. The van der Waals surface area contributed by atoms with Crippen LogP contribution in [-0.2, 0) is 22.4 Å². The van der Waals surface area contributed by atoms with E-state index < -0.39 is 10.0 Å². The maximum absolute atomic E-state index is 12.2. The molecule has 0 saturated carbocycles. The minimum absolute atomic E-state index is 0.0249. The second-order valence-electron chi connectivity index (χ2n) is 4.13. The maximum atomic E-state index is 12.2. The Morgan fingerprint density at radius 2 is 2.05 bits per heavy atom. The van der Waals surface area contributed by atoms with Crippen LogP contribution in [-0.4, -0.2) is 18.0 Å². The minimum atomic E-state index is -3.65. The molecule has 0 unspecified atom stereocenters. The van der Waals surface area contributed by atoms with Crippen molar-refractivity contribution in [2.75, 3.05) is 4.72 Å². The molecule has 1 aromatic heterocycles. The van der Waals surface area contributed by atoms with Gasteiger partial charge in [0.2, 0.25) is 0 Å². The molecule has 5 nitrogen and oxygen atoms in total. The first-order valence-electron chi connectivity index (χ1n) is 5.60. The molecule has 0 amide bonds. The Morgan fingerprint density at radius 1 is 1.37 bits per heavy atom. The topological polar surface area (TPSA) is 64.0 Å². The number of nitrogens with zero attached hydrogens (tertiary/aromatic N) is 2. The van der Waals surface area contributed by atoms with Gasteiger partial charge in [0.05, 0.1) is 5.69 Å². The van der Waals surface area contributed by atoms with Gasteiger partial charge >= 0.3 is 0 Å². The molecule has 0 aliphatic heterocycles. The fraction of sp³-hybridized carbons (Fsp3) is 0.250. The van der Waals surface area contributed by atoms with E-state index >= 15 is 0 Å². The number of para-hydroxylation sites is 1. The summed E-state index contributed by atoms with van der Waals surface area (Å²) in [6, 6.07) is 7.23. The molecular formula is C12H14BrN3O2S. The van der Waals surface area contributed by atoms with Crippen molar-refractivity contribution in [3.05, 3.63) is 41.9 Å². The highest BCUT2D eigenvalue weighted by molar-refractivity contribution is 9.08. The molecule has 2 aromatic rings. The number of imidazole rings is 1. The van der Waals surface area contributed by atoms with Gasteiger partial charge in [0, 0.05) is 18.6 Å². The van der Waals surface area contributed by atoms with Crippen LogP contribution in [0.4, 0.5) is 5.69 Å². The number of alkyl halides is 1. The number of halogens is 1. The predicted octanol–water partition coefficient (Wildman–Crippen LogP) is 2.42. The average molecular weight is 344 g/mol. The van der Waals surface area contributed by atoms with Gasteiger partial charge in [-0.05, 0) is 18.6 Å². The Hall–Kier alpha value is -1.34. The van der Waals surface area contributed by atoms with Crippen LogP contribution < -0.4 is 4.72 Å². The van der Waals surface area contributed by atoms with E-state index in [0.717, 1.165) is 5.56 Å². The SMILES string of the molecule is Cc1nc(S(=O)(=O)Nc2ccccc2CBr)cn1C. The lowest BCUT2D eigenvalue weighted by molar-refractivity contribution is 0.598. The number of aryl methyl sites for hydroxylation is 2. The van der Waals surface area contributed by atoms with E-state index in [1.807, 2.05) is 12.1 Å². The molecule has 102 valence electrons. The lowest BCUT2D eigenvalue weighted by Crippen LogP contribution is -2.14. The molecule has 1 N–H and O–H groups in total. The van der Waals surface area contributed by atoms with Crippen molar-refractivity contribution in [3.8, 4) is 0 Å². The molecule has 19 heavy (non-hydrogen) atoms. The number of hydrogen-bond donors (Lipinski definition) is 1. The number of benzene rings is 1. The van der Waals surface area contributed by atoms with Crippen LogP contribution in [0.25, 0.3) is 0 Å². The first-order chi connectivity index (χ1) is 8.94. The van der Waals surface area contributed by atoms with E-state index in [0.29, 0.717) is 16.8 Å². The number of sulfonamides is 1. The van der Waals surface area contributed by atoms with Gasteiger partial charge < -0.3 is 4.57 Å². The summed E-state index contributed by atoms with van der Waals surface area (Å²) in [4.78, 5) is 4.03. The van der Waals surface area contributed by atoms with Crippen molar-refractivity contribution in [2.24, 2.45) is 7.05 Å². The van der Waals surface area contributed by atoms with E-state index in [-0.39, 0.29) is 5.03 Å². The van der Waals surface area contributed by atoms with Crippen LogP contribution in [0.15, 0.2) is 35.5 Å². The fourth-order valence-electron chi connectivity index (χ4n) is 1.59. The molecule has 1 aromatic carbocycles. The van der Waals surface area contributed by atoms with Crippen molar-refractivity contribution in [2.45, 2.75) is 17.3 Å². The zero-order chi connectivity index (χ0) is 14.0. The molecule has 1 heterocycles. The molecule has 2 rings (SSSR count). The Balaban J connectivity index is 2.36. The van der Waals surface area contributed by atoms with Crippen molar-refractivity contribution < 1.29 is 8.42 Å². The third-order valence-corrected chi connectivity index (χ3v) is 4.61. The first kappa shape index (κ1) is 14.1. The molecule has 7 heteroatoms. The summed E-state index contributed by atoms with van der Waals surface area (Å²) in [7, 11) is -1.89. The van der Waals surface area contributed by atoms with Crippen LogP contribution >= 0.6 is 15.9 Å². The number of nitrogens with one attached hydrogen (secondary N) is 1. The first-order valence-corrected chi connectivity index (χ1v) is 8.21. The van der Waals surface area contributed by atoms with Crippen LogP contribution in [0.3, 0.4) is 0 Å². The van der Waals surface area contributed by atoms with Gasteiger partial charge in [0.1, 0.15) is 5.82 Å². The number of rotatable bonds is 4. The maximum Gasteiger partial charge on any atom is 0.280 e. The third kappa shape index (κ3) is 2.98. The molecule has 0 spiro atoms. The summed E-state index contributed by atoms with van der Waals surface area (Å²) >= 11 is 3.33. The van der Waals surface area contributed by atoms with Gasteiger partial charge in [-0.2, -0.15) is 8.42 Å². The highest BCUT2D eigenvalue weighted by Crippen LogP contribution is 2.21. The highest BCUT2D eigenvalue weighted by Gasteiger charge is 2.19. The largest absolute Gasteiger partial charge is 0.337 e. The standard InChI is InChI=1S/C12H14BrN3O2S/c1-9-14-12(8-16(9)2)19(17,18)15-11-6-4-3-5-10(11)7-13/h3-6,8,15H,7H2,1-2H3. The smallest absolute Gasteiger partial charge is 0.280 e. The molecule has 0 fully saturated rings.